The van der Waals surface area contributed by atoms with E-state index >= 15 is 0 Å². The molecule has 176 valence electrons. The Morgan fingerprint density at radius 1 is 1.15 bits per heavy atom. The molecule has 33 heavy (non-hydrogen) atoms. The van der Waals surface area contributed by atoms with Crippen molar-refractivity contribution in [3.8, 4) is 0 Å². The maximum Gasteiger partial charge on any atom is 0.238 e. The first-order chi connectivity index (χ1) is 15.8. The van der Waals surface area contributed by atoms with Crippen LogP contribution < -0.4 is 10.0 Å². The SMILES string of the molecule is NS(=O)(=O)c1ccc2c(c1)CN(c1ncnc3c1ncn3[C@@H]1O[C@H](CO)[C@@H](O)[C@H]1O)CCC2. The number of imidazole rings is 1. The molecular weight excluding hydrogens is 452 g/mol. The largest absolute Gasteiger partial charge is 0.394 e. The summed E-state index contributed by atoms with van der Waals surface area (Å²) in [7, 11) is -3.82. The number of primary sulfonamides is 1. The van der Waals surface area contributed by atoms with Crippen LogP contribution in [0.15, 0.2) is 35.7 Å². The van der Waals surface area contributed by atoms with E-state index in [0.29, 0.717) is 30.1 Å². The van der Waals surface area contributed by atoms with E-state index in [0.717, 1.165) is 24.0 Å². The monoisotopic (exact) mass is 476 g/mol. The van der Waals surface area contributed by atoms with E-state index in [1.807, 2.05) is 4.90 Å². The Morgan fingerprint density at radius 3 is 2.70 bits per heavy atom. The number of hydrogen-bond acceptors (Lipinski definition) is 10. The van der Waals surface area contributed by atoms with Crippen LogP contribution in [0.5, 0.6) is 0 Å². The molecule has 0 radical (unpaired) electrons. The standard InChI is InChI=1S/C20H24N6O6S/c21-33(30,31)13-4-3-11-2-1-5-25(7-12(11)6-13)18-15-19(23-9-22-18)26(10-24-15)20-17(29)16(28)14(8-27)32-20/h3-4,6,9-10,14,16-17,20,27-29H,1-2,5,7-8H2,(H2,21,30,31)/t14-,16-,17-,20-/m1/s1. The van der Waals surface area contributed by atoms with Crippen molar-refractivity contribution >= 4 is 27.0 Å². The third-order valence-electron chi connectivity index (χ3n) is 6.17. The van der Waals surface area contributed by atoms with Crippen LogP contribution in [0.1, 0.15) is 23.8 Å². The molecule has 0 amide bonds. The molecule has 4 heterocycles. The van der Waals surface area contributed by atoms with Crippen LogP contribution in [0.2, 0.25) is 0 Å². The van der Waals surface area contributed by atoms with Crippen LogP contribution in [0, 0.1) is 0 Å². The van der Waals surface area contributed by atoms with Gasteiger partial charge in [-0.1, -0.05) is 6.07 Å². The lowest BCUT2D eigenvalue weighted by molar-refractivity contribution is -0.0511. The predicted molar refractivity (Wildman–Crippen MR) is 116 cm³/mol. The summed E-state index contributed by atoms with van der Waals surface area (Å²) < 4.78 is 30.8. The summed E-state index contributed by atoms with van der Waals surface area (Å²) in [5.41, 5.74) is 2.76. The van der Waals surface area contributed by atoms with Crippen molar-refractivity contribution in [1.82, 2.24) is 19.5 Å². The second-order valence-corrected chi connectivity index (χ2v) is 9.81. The topological polar surface area (TPSA) is 177 Å². The number of fused-ring (bicyclic) bond motifs is 2. The minimum absolute atomic E-state index is 0.0598. The highest BCUT2D eigenvalue weighted by molar-refractivity contribution is 7.89. The van der Waals surface area contributed by atoms with Gasteiger partial charge in [-0.3, -0.25) is 4.57 Å². The Hall–Kier alpha value is -2.68. The van der Waals surface area contributed by atoms with Gasteiger partial charge in [0.2, 0.25) is 10.0 Å². The number of hydrogen-bond donors (Lipinski definition) is 4. The van der Waals surface area contributed by atoms with Gasteiger partial charge in [-0.2, -0.15) is 0 Å². The normalized spacial score (nSPS) is 25.9. The van der Waals surface area contributed by atoms with Crippen LogP contribution in [0.25, 0.3) is 11.2 Å². The summed E-state index contributed by atoms with van der Waals surface area (Å²) in [6.45, 7) is 0.632. The molecule has 0 unspecified atom stereocenters. The average molecular weight is 477 g/mol. The van der Waals surface area contributed by atoms with E-state index in [4.69, 9.17) is 9.88 Å². The molecule has 0 saturated carbocycles. The molecule has 1 fully saturated rings. The molecule has 2 aliphatic rings. The molecule has 2 aliphatic heterocycles. The second-order valence-electron chi connectivity index (χ2n) is 8.25. The molecule has 5 N–H and O–H groups in total. The predicted octanol–water partition coefficient (Wildman–Crippen LogP) is -0.962. The summed E-state index contributed by atoms with van der Waals surface area (Å²) in [6.07, 6.45) is 0.0437. The molecule has 5 rings (SSSR count). The van der Waals surface area contributed by atoms with Crippen LogP contribution in [0.4, 0.5) is 5.82 Å². The van der Waals surface area contributed by atoms with Crippen molar-refractivity contribution in [1.29, 1.82) is 0 Å². The molecule has 0 bridgehead atoms. The number of benzene rings is 1. The number of nitrogens with zero attached hydrogens (tertiary/aromatic N) is 5. The molecule has 2 aromatic heterocycles. The van der Waals surface area contributed by atoms with E-state index in [-0.39, 0.29) is 4.90 Å². The third-order valence-corrected chi connectivity index (χ3v) is 7.08. The maximum absolute atomic E-state index is 11.8. The Morgan fingerprint density at radius 2 is 1.97 bits per heavy atom. The first kappa shape index (κ1) is 22.1. The van der Waals surface area contributed by atoms with E-state index in [2.05, 4.69) is 15.0 Å². The molecule has 4 atom stereocenters. The lowest BCUT2D eigenvalue weighted by Gasteiger charge is -2.22. The molecule has 3 aromatic rings. The highest BCUT2D eigenvalue weighted by Gasteiger charge is 2.44. The smallest absolute Gasteiger partial charge is 0.238 e. The van der Waals surface area contributed by atoms with Crippen LogP contribution >= 0.6 is 0 Å². The highest BCUT2D eigenvalue weighted by Crippen LogP contribution is 2.33. The maximum atomic E-state index is 11.8. The van der Waals surface area contributed by atoms with Crippen molar-refractivity contribution in [3.63, 3.8) is 0 Å². The van der Waals surface area contributed by atoms with Gasteiger partial charge in [0.1, 0.15) is 24.6 Å². The second kappa shape index (κ2) is 8.27. The van der Waals surface area contributed by atoms with Gasteiger partial charge in [0.25, 0.3) is 0 Å². The van der Waals surface area contributed by atoms with Crippen molar-refractivity contribution in [3.05, 3.63) is 42.0 Å². The molecule has 1 saturated heterocycles. The number of nitrogens with two attached hydrogens (primary N) is 1. The van der Waals surface area contributed by atoms with E-state index < -0.39 is 41.2 Å². The molecule has 12 nitrogen and oxygen atoms in total. The van der Waals surface area contributed by atoms with Gasteiger partial charge in [0.15, 0.2) is 23.2 Å². The van der Waals surface area contributed by atoms with Gasteiger partial charge in [-0.25, -0.2) is 28.5 Å². The number of aryl methyl sites for hydroxylation is 1. The first-order valence-corrected chi connectivity index (χ1v) is 12.0. The van der Waals surface area contributed by atoms with Gasteiger partial charge in [0, 0.05) is 13.1 Å². The lowest BCUT2D eigenvalue weighted by atomic mass is 10.0. The first-order valence-electron chi connectivity index (χ1n) is 10.5. The zero-order valence-corrected chi connectivity index (χ0v) is 18.3. The van der Waals surface area contributed by atoms with Crippen molar-refractivity contribution in [2.45, 2.75) is 48.8 Å². The van der Waals surface area contributed by atoms with Gasteiger partial charge in [-0.15, -0.1) is 0 Å². The Labute approximate surface area is 189 Å². The summed E-state index contributed by atoms with van der Waals surface area (Å²) in [4.78, 5) is 15.2. The highest BCUT2D eigenvalue weighted by atomic mass is 32.2. The van der Waals surface area contributed by atoms with Crippen molar-refractivity contribution < 1.29 is 28.5 Å². The zero-order chi connectivity index (χ0) is 23.3. The van der Waals surface area contributed by atoms with Gasteiger partial charge in [0.05, 0.1) is 17.8 Å². The summed E-state index contributed by atoms with van der Waals surface area (Å²) >= 11 is 0. The van der Waals surface area contributed by atoms with Crippen molar-refractivity contribution in [2.75, 3.05) is 18.1 Å². The van der Waals surface area contributed by atoms with Crippen LogP contribution in [0.3, 0.4) is 0 Å². The van der Waals surface area contributed by atoms with Gasteiger partial charge < -0.3 is 25.0 Å². The van der Waals surface area contributed by atoms with Crippen LogP contribution in [-0.2, 0) is 27.7 Å². The number of rotatable bonds is 4. The number of sulfonamides is 1. The van der Waals surface area contributed by atoms with Gasteiger partial charge >= 0.3 is 0 Å². The number of anilines is 1. The minimum atomic E-state index is -3.82. The average Bonchev–Trinajstić information content (AvgIpc) is 3.25. The molecular formula is C20H24N6O6S. The Kier molecular flexibility index (Phi) is 5.55. The van der Waals surface area contributed by atoms with E-state index in [1.54, 1.807) is 12.1 Å². The van der Waals surface area contributed by atoms with E-state index in [1.165, 1.54) is 23.3 Å². The minimum Gasteiger partial charge on any atom is -0.394 e. The number of aromatic nitrogens is 4. The quantitative estimate of drug-likeness (QED) is 0.367. The Balaban J connectivity index is 1.51. The Bertz CT molecular complexity index is 1300. The van der Waals surface area contributed by atoms with Crippen LogP contribution in [-0.4, -0.2) is 74.7 Å². The fraction of sp³-hybridized carbons (Fsp3) is 0.450. The molecule has 1 aromatic carbocycles. The number of aliphatic hydroxyl groups is 3. The van der Waals surface area contributed by atoms with Gasteiger partial charge in [-0.05, 0) is 36.1 Å². The molecule has 13 heteroatoms. The lowest BCUT2D eigenvalue weighted by Crippen LogP contribution is -2.33. The third kappa shape index (κ3) is 3.86. The molecule has 0 spiro atoms. The number of aliphatic hydroxyl groups excluding tert-OH is 3. The zero-order valence-electron chi connectivity index (χ0n) is 17.5. The fourth-order valence-corrected chi connectivity index (χ4v) is 5.03. The van der Waals surface area contributed by atoms with Crippen molar-refractivity contribution in [2.24, 2.45) is 5.14 Å². The summed E-state index contributed by atoms with van der Waals surface area (Å²) in [6, 6.07) is 4.92. The molecule has 0 aliphatic carbocycles. The van der Waals surface area contributed by atoms with E-state index in [9.17, 15) is 23.7 Å². The number of ether oxygens (including phenoxy) is 1. The summed E-state index contributed by atoms with van der Waals surface area (Å²) in [5, 5.41) is 35.2. The summed E-state index contributed by atoms with van der Waals surface area (Å²) in [5.74, 6) is 0.555. The fourth-order valence-electron chi connectivity index (χ4n) is 4.46.